The van der Waals surface area contributed by atoms with Crippen molar-refractivity contribution >= 4 is 6.41 Å². The van der Waals surface area contributed by atoms with Crippen LogP contribution in [0.25, 0.3) is 0 Å². The molecule has 1 fully saturated rings. The number of hydrogen-bond donors (Lipinski definition) is 0. The van der Waals surface area contributed by atoms with Gasteiger partial charge in [0, 0.05) is 6.54 Å². The summed E-state index contributed by atoms with van der Waals surface area (Å²) in [5, 5.41) is 0. The maximum Gasteiger partial charge on any atom is 0.313 e. The minimum absolute atomic E-state index is 0.289. The zero-order valence-corrected chi connectivity index (χ0v) is 6.50. The van der Waals surface area contributed by atoms with Gasteiger partial charge in [0.15, 0.2) is 0 Å². The van der Waals surface area contributed by atoms with Crippen LogP contribution >= 0.6 is 0 Å². The summed E-state index contributed by atoms with van der Waals surface area (Å²) in [6.45, 7) is 0.867. The molecule has 3 heteroatoms. The minimum Gasteiger partial charge on any atom is -0.319 e. The van der Waals surface area contributed by atoms with Gasteiger partial charge >= 0.3 is 6.41 Å². The van der Waals surface area contributed by atoms with Crippen LogP contribution in [0.1, 0.15) is 12.8 Å². The lowest BCUT2D eigenvalue weighted by atomic mass is 10.3. The molecule has 1 aliphatic heterocycles. The Hall–Kier alpha value is -0.570. The van der Waals surface area contributed by atoms with Gasteiger partial charge in [-0.1, -0.05) is 0 Å². The highest BCUT2D eigenvalue weighted by Gasteiger charge is 2.24. The van der Waals surface area contributed by atoms with Crippen LogP contribution in [0, 0.1) is 0 Å². The number of amides is 1. The molecule has 1 aliphatic rings. The summed E-state index contributed by atoms with van der Waals surface area (Å²) in [7, 11) is 3.97. The van der Waals surface area contributed by atoms with E-state index in [4.69, 9.17) is 0 Å². The highest BCUT2D eigenvalue weighted by atomic mass is 16.1. The van der Waals surface area contributed by atoms with Gasteiger partial charge in [-0.05, 0) is 26.9 Å². The van der Waals surface area contributed by atoms with Gasteiger partial charge in [0.25, 0.3) is 0 Å². The molecule has 1 saturated heterocycles. The van der Waals surface area contributed by atoms with E-state index in [9.17, 15) is 4.79 Å². The molecule has 1 unspecified atom stereocenters. The first-order valence-electron chi connectivity index (χ1n) is 3.56. The van der Waals surface area contributed by atoms with Crippen molar-refractivity contribution in [1.82, 2.24) is 9.80 Å². The number of nitrogens with zero attached hydrogens (tertiary/aromatic N) is 2. The van der Waals surface area contributed by atoms with E-state index in [0.717, 1.165) is 19.4 Å². The molecule has 1 radical (unpaired) electrons. The van der Waals surface area contributed by atoms with Crippen LogP contribution in [0.15, 0.2) is 0 Å². The lowest BCUT2D eigenvalue weighted by Gasteiger charge is -2.25. The fraction of sp³-hybridized carbons (Fsp3) is 0.857. The zero-order valence-electron chi connectivity index (χ0n) is 6.50. The molecule has 0 aromatic rings. The molecular formula is C7H13N2O. The maximum absolute atomic E-state index is 10.3. The van der Waals surface area contributed by atoms with Crippen molar-refractivity contribution < 1.29 is 4.79 Å². The van der Waals surface area contributed by atoms with Crippen LogP contribution in [-0.4, -0.2) is 43.0 Å². The topological polar surface area (TPSA) is 23.6 Å². The molecule has 0 aromatic carbocycles. The second-order valence-electron chi connectivity index (χ2n) is 2.87. The molecule has 1 atom stereocenters. The van der Waals surface area contributed by atoms with Gasteiger partial charge in [0.1, 0.15) is 0 Å². The Morgan fingerprint density at radius 2 is 2.30 bits per heavy atom. The predicted molar refractivity (Wildman–Crippen MR) is 39.1 cm³/mol. The normalized spacial score (nSPS) is 25.9. The largest absolute Gasteiger partial charge is 0.319 e. The number of hydrogen-bond acceptors (Lipinski definition) is 2. The minimum atomic E-state index is 0.289. The lowest BCUT2D eigenvalue weighted by molar-refractivity contribution is 0.180. The van der Waals surface area contributed by atoms with Gasteiger partial charge < -0.3 is 4.90 Å². The molecule has 1 rings (SSSR count). The van der Waals surface area contributed by atoms with Gasteiger partial charge in [0.2, 0.25) is 0 Å². The second-order valence-corrected chi connectivity index (χ2v) is 2.87. The van der Waals surface area contributed by atoms with Crippen LogP contribution in [0.5, 0.6) is 0 Å². The predicted octanol–water partition coefficient (Wildman–Crippen LogP) is 0.0371. The third-order valence-corrected chi connectivity index (χ3v) is 1.93. The van der Waals surface area contributed by atoms with Crippen LogP contribution in [-0.2, 0) is 4.79 Å². The third kappa shape index (κ3) is 1.29. The molecule has 57 valence electrons. The zero-order chi connectivity index (χ0) is 7.56. The summed E-state index contributed by atoms with van der Waals surface area (Å²) >= 11 is 0. The second kappa shape index (κ2) is 3.01. The van der Waals surface area contributed by atoms with Crippen molar-refractivity contribution in [2.45, 2.75) is 19.0 Å². The molecule has 0 spiro atoms. The molecule has 3 nitrogen and oxygen atoms in total. The first-order valence-corrected chi connectivity index (χ1v) is 3.56. The molecule has 0 aliphatic carbocycles. The van der Waals surface area contributed by atoms with Crippen molar-refractivity contribution in [2.24, 2.45) is 0 Å². The average Bonchev–Trinajstić information content (AvgIpc) is 2.33. The summed E-state index contributed by atoms with van der Waals surface area (Å²) in [4.78, 5) is 14.1. The molecule has 1 amide bonds. The van der Waals surface area contributed by atoms with E-state index in [0.29, 0.717) is 0 Å². The van der Waals surface area contributed by atoms with E-state index in [1.807, 2.05) is 20.5 Å². The van der Waals surface area contributed by atoms with Crippen molar-refractivity contribution in [3.05, 3.63) is 0 Å². The van der Waals surface area contributed by atoms with Crippen LogP contribution in [0.2, 0.25) is 0 Å². The monoisotopic (exact) mass is 141 g/mol. The molecule has 10 heavy (non-hydrogen) atoms. The molecule has 0 aromatic heterocycles. The van der Waals surface area contributed by atoms with E-state index < -0.39 is 0 Å². The SMILES string of the molecule is CN(C)C1CCCN1[C]=O. The molecular weight excluding hydrogens is 128 g/mol. The Balaban J connectivity index is 2.49. The number of carbonyl (C=O) groups excluding carboxylic acids is 1. The van der Waals surface area contributed by atoms with Crippen LogP contribution in [0.3, 0.4) is 0 Å². The van der Waals surface area contributed by atoms with Gasteiger partial charge in [-0.2, -0.15) is 0 Å². The van der Waals surface area contributed by atoms with Gasteiger partial charge in [-0.3, -0.25) is 9.69 Å². The van der Waals surface area contributed by atoms with Crippen molar-refractivity contribution in [1.29, 1.82) is 0 Å². The summed E-state index contributed by atoms with van der Waals surface area (Å²) in [5.41, 5.74) is 0. The summed E-state index contributed by atoms with van der Waals surface area (Å²) < 4.78 is 0. The number of likely N-dealkylation sites (tertiary alicyclic amines) is 1. The van der Waals surface area contributed by atoms with E-state index in [1.54, 1.807) is 4.90 Å². The van der Waals surface area contributed by atoms with E-state index >= 15 is 0 Å². The van der Waals surface area contributed by atoms with Gasteiger partial charge in [-0.15, -0.1) is 0 Å². The first-order chi connectivity index (χ1) is 4.75. The summed E-state index contributed by atoms with van der Waals surface area (Å²) in [5.74, 6) is 0. The molecule has 1 heterocycles. The summed E-state index contributed by atoms with van der Waals surface area (Å²) in [6.07, 6.45) is 4.42. The van der Waals surface area contributed by atoms with E-state index in [2.05, 4.69) is 4.90 Å². The fourth-order valence-corrected chi connectivity index (χ4v) is 1.39. The van der Waals surface area contributed by atoms with E-state index in [-0.39, 0.29) is 6.17 Å². The Morgan fingerprint density at radius 3 is 2.70 bits per heavy atom. The molecule has 0 N–H and O–H groups in total. The van der Waals surface area contributed by atoms with E-state index in [1.165, 1.54) is 0 Å². The standard InChI is InChI=1S/C7H13N2O/c1-8(2)7-4-3-5-9(7)6-10/h7H,3-5H2,1-2H3. The van der Waals surface area contributed by atoms with Crippen molar-refractivity contribution in [3.63, 3.8) is 0 Å². The quantitative estimate of drug-likeness (QED) is 0.542. The third-order valence-electron chi connectivity index (χ3n) is 1.93. The van der Waals surface area contributed by atoms with Gasteiger partial charge in [-0.25, -0.2) is 0 Å². The Bertz CT molecular complexity index is 125. The Kier molecular flexibility index (Phi) is 2.27. The highest BCUT2D eigenvalue weighted by molar-refractivity contribution is 5.49. The molecule has 0 saturated carbocycles. The maximum atomic E-state index is 10.3. The smallest absolute Gasteiger partial charge is 0.313 e. The lowest BCUT2D eigenvalue weighted by Crippen LogP contribution is -2.39. The average molecular weight is 141 g/mol. The Morgan fingerprint density at radius 1 is 1.60 bits per heavy atom. The van der Waals surface area contributed by atoms with Crippen molar-refractivity contribution in [3.8, 4) is 0 Å². The van der Waals surface area contributed by atoms with Crippen molar-refractivity contribution in [2.75, 3.05) is 20.6 Å². The van der Waals surface area contributed by atoms with Crippen LogP contribution < -0.4 is 0 Å². The van der Waals surface area contributed by atoms with Crippen LogP contribution in [0.4, 0.5) is 0 Å². The van der Waals surface area contributed by atoms with Gasteiger partial charge in [0.05, 0.1) is 6.17 Å². The molecule has 0 bridgehead atoms. The Labute approximate surface area is 61.6 Å². The first kappa shape index (κ1) is 7.54. The fourth-order valence-electron chi connectivity index (χ4n) is 1.39. The summed E-state index contributed by atoms with van der Waals surface area (Å²) in [6, 6.07) is 0. The number of rotatable bonds is 2. The highest BCUT2D eigenvalue weighted by Crippen LogP contribution is 2.15.